The number of carbonyl (C=O) groups excluding carboxylic acids is 1. The molecule has 1 atom stereocenters. The van der Waals surface area contributed by atoms with E-state index in [-0.39, 0.29) is 17.0 Å². The number of nitrogens with one attached hydrogen (secondary N) is 2. The van der Waals surface area contributed by atoms with Gasteiger partial charge in [-0.25, -0.2) is 9.37 Å². The summed E-state index contributed by atoms with van der Waals surface area (Å²) in [6.45, 7) is 2.63. The second-order valence-corrected chi connectivity index (χ2v) is 6.00. The Morgan fingerprint density at radius 2 is 2.19 bits per heavy atom. The number of rotatable bonds is 0. The standard InChI is InChI=1S/C15H13ClFN3O/c1-6-4-19-15(21)10-8-3-2-7-5-18-14(16)11(17)9(7)13(8)20-12(6)10/h5-6,20H,2-4H2,1H3,(H,19,21). The van der Waals surface area contributed by atoms with Crippen LogP contribution in [0.2, 0.25) is 5.15 Å². The van der Waals surface area contributed by atoms with Crippen molar-refractivity contribution in [1.82, 2.24) is 15.3 Å². The van der Waals surface area contributed by atoms with Gasteiger partial charge in [0.15, 0.2) is 11.0 Å². The number of amides is 1. The lowest BCUT2D eigenvalue weighted by molar-refractivity contribution is 0.0940. The molecule has 2 N–H and O–H groups in total. The normalized spacial score (nSPS) is 19.6. The third kappa shape index (κ3) is 1.67. The molecule has 0 saturated carbocycles. The van der Waals surface area contributed by atoms with Crippen molar-refractivity contribution in [3.8, 4) is 11.3 Å². The van der Waals surface area contributed by atoms with Crippen LogP contribution in [0.4, 0.5) is 4.39 Å². The summed E-state index contributed by atoms with van der Waals surface area (Å²) in [4.78, 5) is 19.3. The van der Waals surface area contributed by atoms with Gasteiger partial charge in [-0.1, -0.05) is 18.5 Å². The molecule has 0 aromatic carbocycles. The summed E-state index contributed by atoms with van der Waals surface area (Å²) in [6.07, 6.45) is 2.99. The summed E-state index contributed by atoms with van der Waals surface area (Å²) in [6, 6.07) is 0. The van der Waals surface area contributed by atoms with E-state index >= 15 is 0 Å². The lowest BCUT2D eigenvalue weighted by atomic mass is 9.87. The zero-order chi connectivity index (χ0) is 14.7. The second kappa shape index (κ2) is 4.31. The highest BCUT2D eigenvalue weighted by atomic mass is 35.5. The van der Waals surface area contributed by atoms with Crippen molar-refractivity contribution in [2.75, 3.05) is 6.54 Å². The van der Waals surface area contributed by atoms with E-state index in [1.165, 1.54) is 0 Å². The molecule has 2 aliphatic rings. The number of aromatic amines is 1. The molecule has 0 fully saturated rings. The second-order valence-electron chi connectivity index (χ2n) is 5.64. The van der Waals surface area contributed by atoms with Gasteiger partial charge in [0.25, 0.3) is 5.91 Å². The third-order valence-corrected chi connectivity index (χ3v) is 4.63. The summed E-state index contributed by atoms with van der Waals surface area (Å²) in [5, 5.41) is 2.75. The molecule has 0 spiro atoms. The highest BCUT2D eigenvalue weighted by molar-refractivity contribution is 6.29. The SMILES string of the molecule is CC1CNC(=O)c2c1[nH]c1c2CCc2cnc(Cl)c(F)c2-1. The minimum Gasteiger partial charge on any atom is -0.357 e. The third-order valence-electron chi connectivity index (χ3n) is 4.37. The fourth-order valence-electron chi connectivity index (χ4n) is 3.31. The lowest BCUT2D eigenvalue weighted by Gasteiger charge is -2.20. The van der Waals surface area contributed by atoms with Gasteiger partial charge in [-0.15, -0.1) is 0 Å². The number of aromatic nitrogens is 2. The highest BCUT2D eigenvalue weighted by Crippen LogP contribution is 2.41. The van der Waals surface area contributed by atoms with Crippen molar-refractivity contribution >= 4 is 17.5 Å². The molecule has 0 saturated heterocycles. The Hall–Kier alpha value is -1.88. The van der Waals surface area contributed by atoms with E-state index in [1.54, 1.807) is 6.20 Å². The Bertz CT molecular complexity index is 784. The van der Waals surface area contributed by atoms with Crippen LogP contribution in [-0.2, 0) is 12.8 Å². The van der Waals surface area contributed by atoms with Crippen LogP contribution in [0.25, 0.3) is 11.3 Å². The average molecular weight is 306 g/mol. The maximum absolute atomic E-state index is 14.4. The molecule has 21 heavy (non-hydrogen) atoms. The van der Waals surface area contributed by atoms with Gasteiger partial charge in [-0.2, -0.15) is 0 Å². The minimum absolute atomic E-state index is 0.0791. The largest absolute Gasteiger partial charge is 0.357 e. The summed E-state index contributed by atoms with van der Waals surface area (Å²) in [5.74, 6) is -0.404. The van der Waals surface area contributed by atoms with Crippen molar-refractivity contribution < 1.29 is 9.18 Å². The van der Waals surface area contributed by atoms with Crippen LogP contribution < -0.4 is 5.32 Å². The number of nitrogens with zero attached hydrogens (tertiary/aromatic N) is 1. The van der Waals surface area contributed by atoms with E-state index < -0.39 is 5.82 Å². The van der Waals surface area contributed by atoms with Gasteiger partial charge in [0.2, 0.25) is 0 Å². The van der Waals surface area contributed by atoms with Crippen LogP contribution in [0, 0.1) is 5.82 Å². The number of pyridine rings is 1. The first-order chi connectivity index (χ1) is 10.1. The van der Waals surface area contributed by atoms with Gasteiger partial charge >= 0.3 is 0 Å². The van der Waals surface area contributed by atoms with Crippen molar-refractivity contribution in [2.24, 2.45) is 0 Å². The minimum atomic E-state index is -0.512. The van der Waals surface area contributed by atoms with Gasteiger partial charge in [-0.05, 0) is 24.0 Å². The van der Waals surface area contributed by atoms with Crippen LogP contribution in [0.5, 0.6) is 0 Å². The summed E-state index contributed by atoms with van der Waals surface area (Å²) < 4.78 is 14.4. The van der Waals surface area contributed by atoms with Crippen LogP contribution in [-0.4, -0.2) is 22.4 Å². The van der Waals surface area contributed by atoms with Crippen molar-refractivity contribution in [2.45, 2.75) is 25.7 Å². The van der Waals surface area contributed by atoms with Crippen molar-refractivity contribution in [3.05, 3.63) is 39.6 Å². The van der Waals surface area contributed by atoms with E-state index in [9.17, 15) is 9.18 Å². The van der Waals surface area contributed by atoms with E-state index in [4.69, 9.17) is 11.6 Å². The van der Waals surface area contributed by atoms with Crippen LogP contribution in [0.15, 0.2) is 6.20 Å². The molecule has 0 radical (unpaired) electrons. The number of H-pyrrole nitrogens is 1. The lowest BCUT2D eigenvalue weighted by Crippen LogP contribution is -2.34. The number of hydrogen-bond acceptors (Lipinski definition) is 2. The molecular formula is C15H13ClFN3O. The van der Waals surface area contributed by atoms with E-state index in [0.29, 0.717) is 36.2 Å². The monoisotopic (exact) mass is 305 g/mol. The highest BCUT2D eigenvalue weighted by Gasteiger charge is 2.34. The first kappa shape index (κ1) is 12.8. The van der Waals surface area contributed by atoms with Crippen LogP contribution in [0.1, 0.15) is 40.0 Å². The zero-order valence-corrected chi connectivity index (χ0v) is 12.1. The average Bonchev–Trinajstić information content (AvgIpc) is 2.87. The topological polar surface area (TPSA) is 57.8 Å². The molecule has 6 heteroatoms. The molecule has 2 aromatic rings. The maximum Gasteiger partial charge on any atom is 0.253 e. The maximum atomic E-state index is 14.4. The molecule has 1 unspecified atom stereocenters. The van der Waals surface area contributed by atoms with Crippen LogP contribution >= 0.6 is 11.6 Å². The van der Waals surface area contributed by atoms with Crippen molar-refractivity contribution in [1.29, 1.82) is 0 Å². The zero-order valence-electron chi connectivity index (χ0n) is 11.4. The van der Waals surface area contributed by atoms with E-state index in [2.05, 4.69) is 15.3 Å². The van der Waals surface area contributed by atoms with Gasteiger partial charge < -0.3 is 10.3 Å². The Balaban J connectivity index is 2.03. The fraction of sp³-hybridized carbons (Fsp3) is 0.333. The summed E-state index contributed by atoms with van der Waals surface area (Å²) in [5.41, 5.74) is 4.45. The quantitative estimate of drug-likeness (QED) is 0.735. The smallest absolute Gasteiger partial charge is 0.253 e. The Morgan fingerprint density at radius 1 is 1.38 bits per heavy atom. The van der Waals surface area contributed by atoms with E-state index in [0.717, 1.165) is 16.8 Å². The summed E-state index contributed by atoms with van der Waals surface area (Å²) in [7, 11) is 0. The predicted molar refractivity (Wildman–Crippen MR) is 77.1 cm³/mol. The molecular weight excluding hydrogens is 293 g/mol. The number of hydrogen-bond donors (Lipinski definition) is 2. The van der Waals surface area contributed by atoms with Gasteiger partial charge in [0.1, 0.15) is 0 Å². The van der Waals surface area contributed by atoms with E-state index in [1.807, 2.05) is 6.92 Å². The molecule has 1 amide bonds. The molecule has 2 aromatic heterocycles. The van der Waals surface area contributed by atoms with Crippen LogP contribution in [0.3, 0.4) is 0 Å². The number of carbonyl (C=O) groups is 1. The predicted octanol–water partition coefficient (Wildman–Crippen LogP) is 2.81. The first-order valence-corrected chi connectivity index (χ1v) is 7.32. The molecule has 4 rings (SSSR count). The molecule has 4 nitrogen and oxygen atoms in total. The number of aryl methyl sites for hydroxylation is 1. The van der Waals surface area contributed by atoms with Crippen molar-refractivity contribution in [3.63, 3.8) is 0 Å². The summed E-state index contributed by atoms with van der Waals surface area (Å²) >= 11 is 5.82. The number of fused-ring (bicyclic) bond motifs is 5. The molecule has 108 valence electrons. The first-order valence-electron chi connectivity index (χ1n) is 6.94. The molecule has 0 bridgehead atoms. The number of halogens is 2. The Morgan fingerprint density at radius 3 is 3.00 bits per heavy atom. The molecule has 1 aliphatic heterocycles. The van der Waals surface area contributed by atoms with Gasteiger partial charge in [0.05, 0.1) is 11.3 Å². The fourth-order valence-corrected chi connectivity index (χ4v) is 3.45. The van der Waals surface area contributed by atoms with Gasteiger partial charge in [-0.3, -0.25) is 4.79 Å². The van der Waals surface area contributed by atoms with Gasteiger partial charge in [0, 0.05) is 29.9 Å². The Labute approximate surface area is 125 Å². The Kier molecular flexibility index (Phi) is 2.63. The molecule has 1 aliphatic carbocycles. The molecule has 3 heterocycles.